The summed E-state index contributed by atoms with van der Waals surface area (Å²) in [6.07, 6.45) is 2.19. The molecule has 0 saturated carbocycles. The summed E-state index contributed by atoms with van der Waals surface area (Å²) in [6.45, 7) is 9.90. The zero-order valence-corrected chi connectivity index (χ0v) is 15.4. The third-order valence-electron chi connectivity index (χ3n) is 4.49. The van der Waals surface area contributed by atoms with E-state index in [0.717, 1.165) is 44.0 Å². The van der Waals surface area contributed by atoms with E-state index in [9.17, 15) is 10.1 Å². The van der Waals surface area contributed by atoms with Crippen LogP contribution in [0.2, 0.25) is 0 Å². The first-order valence-corrected chi connectivity index (χ1v) is 9.01. The number of nitro benzene ring substituents is 1. The zero-order valence-electron chi connectivity index (χ0n) is 15.4. The normalized spacial score (nSPS) is 16.9. The number of non-ortho nitro benzene ring substituents is 1. The third kappa shape index (κ3) is 6.01. The summed E-state index contributed by atoms with van der Waals surface area (Å²) >= 11 is 0. The SMILES string of the molecule is CCNC(=NCc1cccc([N+](=O)[O-])c1)NC1CCN(C(C)C)CC1. The van der Waals surface area contributed by atoms with Gasteiger partial charge in [0, 0.05) is 43.9 Å². The van der Waals surface area contributed by atoms with E-state index in [2.05, 4.69) is 34.4 Å². The fourth-order valence-corrected chi connectivity index (χ4v) is 3.01. The van der Waals surface area contributed by atoms with E-state index in [4.69, 9.17) is 0 Å². The molecule has 0 bridgehead atoms. The van der Waals surface area contributed by atoms with Crippen molar-refractivity contribution in [2.75, 3.05) is 19.6 Å². The highest BCUT2D eigenvalue weighted by Gasteiger charge is 2.21. The zero-order chi connectivity index (χ0) is 18.2. The summed E-state index contributed by atoms with van der Waals surface area (Å²) in [5.41, 5.74) is 0.938. The molecule has 1 aliphatic heterocycles. The Morgan fingerprint density at radius 3 is 2.72 bits per heavy atom. The van der Waals surface area contributed by atoms with Crippen LogP contribution in [0.3, 0.4) is 0 Å². The fourth-order valence-electron chi connectivity index (χ4n) is 3.01. The fraction of sp³-hybridized carbons (Fsp3) is 0.611. The van der Waals surface area contributed by atoms with Gasteiger partial charge >= 0.3 is 0 Å². The van der Waals surface area contributed by atoms with Crippen LogP contribution in [-0.2, 0) is 6.54 Å². The highest BCUT2D eigenvalue weighted by Crippen LogP contribution is 2.15. The largest absolute Gasteiger partial charge is 0.357 e. The monoisotopic (exact) mass is 347 g/mol. The van der Waals surface area contributed by atoms with Gasteiger partial charge in [-0.05, 0) is 39.2 Å². The van der Waals surface area contributed by atoms with E-state index < -0.39 is 0 Å². The maximum absolute atomic E-state index is 10.9. The number of likely N-dealkylation sites (tertiary alicyclic amines) is 1. The molecule has 2 rings (SSSR count). The lowest BCUT2D eigenvalue weighted by Crippen LogP contribution is -2.49. The quantitative estimate of drug-likeness (QED) is 0.358. The van der Waals surface area contributed by atoms with E-state index in [0.29, 0.717) is 18.6 Å². The summed E-state index contributed by atoms with van der Waals surface area (Å²) in [6, 6.07) is 7.65. The number of nitrogens with zero attached hydrogens (tertiary/aromatic N) is 3. The van der Waals surface area contributed by atoms with E-state index in [-0.39, 0.29) is 10.6 Å². The maximum atomic E-state index is 10.9. The Kier molecular flexibility index (Phi) is 7.18. The number of nitrogens with one attached hydrogen (secondary N) is 2. The van der Waals surface area contributed by atoms with Gasteiger partial charge in [0.15, 0.2) is 5.96 Å². The molecule has 1 fully saturated rings. The van der Waals surface area contributed by atoms with Crippen LogP contribution < -0.4 is 10.6 Å². The van der Waals surface area contributed by atoms with Gasteiger partial charge in [-0.1, -0.05) is 12.1 Å². The summed E-state index contributed by atoms with van der Waals surface area (Å²) in [7, 11) is 0. The van der Waals surface area contributed by atoms with Crippen LogP contribution in [0.4, 0.5) is 5.69 Å². The summed E-state index contributed by atoms with van der Waals surface area (Å²) in [5, 5.41) is 17.6. The molecule has 1 heterocycles. The third-order valence-corrected chi connectivity index (χ3v) is 4.49. The minimum atomic E-state index is -0.376. The highest BCUT2D eigenvalue weighted by atomic mass is 16.6. The van der Waals surface area contributed by atoms with Crippen molar-refractivity contribution in [2.45, 2.75) is 52.2 Å². The molecule has 0 spiro atoms. The van der Waals surface area contributed by atoms with Crippen molar-refractivity contribution in [3.8, 4) is 0 Å². The van der Waals surface area contributed by atoms with Crippen LogP contribution in [-0.4, -0.2) is 47.5 Å². The van der Waals surface area contributed by atoms with E-state index in [1.807, 2.05) is 13.0 Å². The first-order chi connectivity index (χ1) is 12.0. The van der Waals surface area contributed by atoms with Crippen molar-refractivity contribution in [1.29, 1.82) is 0 Å². The number of aliphatic imine (C=N–C) groups is 1. The second kappa shape index (κ2) is 9.36. The smallest absolute Gasteiger partial charge is 0.269 e. The Hall–Kier alpha value is -2.15. The van der Waals surface area contributed by atoms with E-state index in [1.54, 1.807) is 12.1 Å². The first kappa shape index (κ1) is 19.2. The predicted molar refractivity (Wildman–Crippen MR) is 101 cm³/mol. The van der Waals surface area contributed by atoms with Crippen molar-refractivity contribution in [2.24, 2.45) is 4.99 Å². The molecular formula is C18H29N5O2. The number of rotatable bonds is 6. The van der Waals surface area contributed by atoms with Crippen LogP contribution in [0, 0.1) is 10.1 Å². The molecule has 1 aliphatic rings. The van der Waals surface area contributed by atoms with Gasteiger partial charge in [0.2, 0.25) is 0 Å². The van der Waals surface area contributed by atoms with Crippen LogP contribution in [0.1, 0.15) is 39.2 Å². The second-order valence-electron chi connectivity index (χ2n) is 6.67. The van der Waals surface area contributed by atoms with Gasteiger partial charge in [-0.25, -0.2) is 4.99 Å². The molecule has 1 aromatic carbocycles. The number of hydrogen-bond acceptors (Lipinski definition) is 4. The number of guanidine groups is 1. The van der Waals surface area contributed by atoms with Crippen molar-refractivity contribution >= 4 is 11.6 Å². The van der Waals surface area contributed by atoms with Crippen molar-refractivity contribution in [1.82, 2.24) is 15.5 Å². The summed E-state index contributed by atoms with van der Waals surface area (Å²) in [5.74, 6) is 0.775. The molecule has 1 aromatic rings. The molecule has 7 nitrogen and oxygen atoms in total. The molecule has 0 unspecified atom stereocenters. The van der Waals surface area contributed by atoms with Crippen LogP contribution in [0.5, 0.6) is 0 Å². The molecular weight excluding hydrogens is 318 g/mol. The summed E-state index contributed by atoms with van der Waals surface area (Å²) in [4.78, 5) is 17.6. The predicted octanol–water partition coefficient (Wildman–Crippen LogP) is 2.52. The maximum Gasteiger partial charge on any atom is 0.269 e. The lowest BCUT2D eigenvalue weighted by molar-refractivity contribution is -0.384. The Morgan fingerprint density at radius 1 is 1.40 bits per heavy atom. The van der Waals surface area contributed by atoms with Crippen LogP contribution in [0.15, 0.2) is 29.3 Å². The number of nitro groups is 1. The van der Waals surface area contributed by atoms with E-state index in [1.165, 1.54) is 6.07 Å². The molecule has 1 saturated heterocycles. The molecule has 0 amide bonds. The highest BCUT2D eigenvalue weighted by molar-refractivity contribution is 5.80. The van der Waals surface area contributed by atoms with Crippen molar-refractivity contribution < 1.29 is 4.92 Å². The number of piperidine rings is 1. The van der Waals surface area contributed by atoms with Gasteiger partial charge in [-0.2, -0.15) is 0 Å². The van der Waals surface area contributed by atoms with Crippen LogP contribution in [0.25, 0.3) is 0 Å². The van der Waals surface area contributed by atoms with Gasteiger partial charge in [0.1, 0.15) is 0 Å². The Morgan fingerprint density at radius 2 is 2.12 bits per heavy atom. The van der Waals surface area contributed by atoms with Crippen molar-refractivity contribution in [3.05, 3.63) is 39.9 Å². The molecule has 7 heteroatoms. The van der Waals surface area contributed by atoms with Crippen LogP contribution >= 0.6 is 0 Å². The Labute approximate surface area is 149 Å². The van der Waals surface area contributed by atoms with Crippen molar-refractivity contribution in [3.63, 3.8) is 0 Å². The minimum absolute atomic E-state index is 0.103. The molecule has 138 valence electrons. The topological polar surface area (TPSA) is 82.8 Å². The number of benzene rings is 1. The standard InChI is InChI=1S/C18H29N5O2/c1-4-19-18(21-16-8-10-22(11-9-16)14(2)3)20-13-15-6-5-7-17(12-15)23(24)25/h5-7,12,14,16H,4,8-11,13H2,1-3H3,(H2,19,20,21). The molecule has 0 radical (unpaired) electrons. The molecule has 0 aromatic heterocycles. The lowest BCUT2D eigenvalue weighted by atomic mass is 10.0. The first-order valence-electron chi connectivity index (χ1n) is 9.01. The molecule has 0 aliphatic carbocycles. The Balaban J connectivity index is 1.94. The average molecular weight is 347 g/mol. The van der Waals surface area contributed by atoms with Gasteiger partial charge in [0.05, 0.1) is 11.5 Å². The molecule has 0 atom stereocenters. The minimum Gasteiger partial charge on any atom is -0.357 e. The lowest BCUT2D eigenvalue weighted by Gasteiger charge is -2.35. The molecule has 25 heavy (non-hydrogen) atoms. The second-order valence-corrected chi connectivity index (χ2v) is 6.67. The van der Waals surface area contributed by atoms with E-state index >= 15 is 0 Å². The van der Waals surface area contributed by atoms with Gasteiger partial charge in [0.25, 0.3) is 5.69 Å². The van der Waals surface area contributed by atoms with Gasteiger partial charge in [-0.15, -0.1) is 0 Å². The Bertz CT molecular complexity index is 595. The average Bonchev–Trinajstić information content (AvgIpc) is 2.60. The van der Waals surface area contributed by atoms with Gasteiger partial charge in [-0.3, -0.25) is 10.1 Å². The van der Waals surface area contributed by atoms with Gasteiger partial charge < -0.3 is 15.5 Å². The number of hydrogen-bond donors (Lipinski definition) is 2. The molecule has 2 N–H and O–H groups in total. The summed E-state index contributed by atoms with van der Waals surface area (Å²) < 4.78 is 0.